The van der Waals surface area contributed by atoms with Crippen LogP contribution in [0.4, 0.5) is 0 Å². The fourth-order valence-electron chi connectivity index (χ4n) is 1.76. The van der Waals surface area contributed by atoms with Crippen molar-refractivity contribution in [2.45, 2.75) is 24.6 Å². The van der Waals surface area contributed by atoms with Crippen LogP contribution in [-0.4, -0.2) is 10.7 Å². The lowest BCUT2D eigenvalue weighted by molar-refractivity contribution is 0.919. The Bertz CT molecular complexity index is 460. The van der Waals surface area contributed by atoms with Crippen molar-refractivity contribution in [3.63, 3.8) is 0 Å². The van der Waals surface area contributed by atoms with Crippen LogP contribution in [0.25, 0.3) is 11.1 Å². The van der Waals surface area contributed by atoms with E-state index < -0.39 is 0 Å². The highest BCUT2D eigenvalue weighted by atomic mass is 79.9. The van der Waals surface area contributed by atoms with Gasteiger partial charge in [-0.25, -0.2) is 0 Å². The average Bonchev–Trinajstić information content (AvgIpc) is 2.60. The maximum Gasteiger partial charge on any atom is 0.0474 e. The van der Waals surface area contributed by atoms with Gasteiger partial charge in [0.25, 0.3) is 0 Å². The molecule has 0 heterocycles. The van der Waals surface area contributed by atoms with Crippen LogP contribution >= 0.6 is 55.1 Å². The van der Waals surface area contributed by atoms with E-state index >= 15 is 0 Å². The van der Waals surface area contributed by atoms with E-state index in [0.717, 1.165) is 21.8 Å². The van der Waals surface area contributed by atoms with Crippen LogP contribution in [0.5, 0.6) is 0 Å². The minimum atomic E-state index is 0.561. The van der Waals surface area contributed by atoms with E-state index in [-0.39, 0.29) is 0 Å². The molecule has 2 aromatic carbocycles. The Labute approximate surface area is 160 Å². The van der Waals surface area contributed by atoms with Crippen molar-refractivity contribution in [2.24, 2.45) is 0 Å². The molecule has 0 atom stereocenters. The third kappa shape index (κ3) is 7.50. The molecule has 0 amide bonds. The summed E-state index contributed by atoms with van der Waals surface area (Å²) in [6.07, 6.45) is 2.57. The second-order valence-corrected chi connectivity index (χ2v) is 6.87. The first-order valence-electron chi connectivity index (χ1n) is 7.17. The minimum absolute atomic E-state index is 0.561. The molecule has 4 heteroatoms. The van der Waals surface area contributed by atoms with Crippen molar-refractivity contribution < 1.29 is 0 Å². The Balaban J connectivity index is 0.000000346. The standard InChI is InChI=1S/C14H12Cl2.C4H8Br2/c15-9-11-1-5-13(6-2-11)14-7-3-12(10-16)4-8-14;5-3-1-2-4-6/h1-8H,9-10H2;1-4H2. The van der Waals surface area contributed by atoms with Crippen LogP contribution in [0.15, 0.2) is 48.5 Å². The molecule has 0 aliphatic heterocycles. The lowest BCUT2D eigenvalue weighted by Crippen LogP contribution is -1.82. The molecule has 0 unspecified atom stereocenters. The van der Waals surface area contributed by atoms with E-state index in [1.54, 1.807) is 0 Å². The van der Waals surface area contributed by atoms with Gasteiger partial charge >= 0.3 is 0 Å². The predicted molar refractivity (Wildman–Crippen MR) is 108 cm³/mol. The molecule has 0 fully saturated rings. The van der Waals surface area contributed by atoms with Crippen LogP contribution in [0.1, 0.15) is 24.0 Å². The topological polar surface area (TPSA) is 0 Å². The van der Waals surface area contributed by atoms with E-state index in [1.165, 1.54) is 24.0 Å². The summed E-state index contributed by atoms with van der Waals surface area (Å²) in [5.41, 5.74) is 4.69. The summed E-state index contributed by atoms with van der Waals surface area (Å²) in [6.45, 7) is 0. The second-order valence-electron chi connectivity index (χ2n) is 4.75. The zero-order valence-corrected chi connectivity index (χ0v) is 17.1. The van der Waals surface area contributed by atoms with Crippen molar-refractivity contribution in [1.82, 2.24) is 0 Å². The average molecular weight is 467 g/mol. The first kappa shape index (κ1) is 20.0. The summed E-state index contributed by atoms with van der Waals surface area (Å²) in [6, 6.07) is 16.6. The highest BCUT2D eigenvalue weighted by Crippen LogP contribution is 2.21. The van der Waals surface area contributed by atoms with Gasteiger partial charge in [-0.1, -0.05) is 80.4 Å². The number of rotatable bonds is 6. The van der Waals surface area contributed by atoms with Gasteiger partial charge in [0.15, 0.2) is 0 Å². The number of hydrogen-bond acceptors (Lipinski definition) is 0. The van der Waals surface area contributed by atoms with Gasteiger partial charge < -0.3 is 0 Å². The molecule has 0 aromatic heterocycles. The smallest absolute Gasteiger partial charge is 0.0474 e. The molecule has 0 spiro atoms. The number of unbranched alkanes of at least 4 members (excludes halogenated alkanes) is 1. The summed E-state index contributed by atoms with van der Waals surface area (Å²) in [5, 5.41) is 2.28. The molecule has 0 saturated carbocycles. The zero-order chi connectivity index (χ0) is 16.2. The maximum atomic E-state index is 5.75. The largest absolute Gasteiger partial charge is 0.122 e. The molecular weight excluding hydrogens is 447 g/mol. The van der Waals surface area contributed by atoms with E-state index in [1.807, 2.05) is 0 Å². The molecule has 2 aromatic rings. The number of alkyl halides is 4. The lowest BCUT2D eigenvalue weighted by atomic mass is 10.0. The van der Waals surface area contributed by atoms with Crippen LogP contribution in [-0.2, 0) is 11.8 Å². The highest BCUT2D eigenvalue weighted by Gasteiger charge is 1.98. The van der Waals surface area contributed by atoms with Crippen molar-refractivity contribution in [3.05, 3.63) is 59.7 Å². The van der Waals surface area contributed by atoms with Gasteiger partial charge in [-0.15, -0.1) is 23.2 Å². The number of halogens is 4. The first-order valence-corrected chi connectivity index (χ1v) is 10.5. The first-order chi connectivity index (χ1) is 10.7. The quantitative estimate of drug-likeness (QED) is 0.307. The highest BCUT2D eigenvalue weighted by molar-refractivity contribution is 9.09. The van der Waals surface area contributed by atoms with Crippen molar-refractivity contribution >= 4 is 55.1 Å². The van der Waals surface area contributed by atoms with Crippen LogP contribution in [0.2, 0.25) is 0 Å². The molecule has 0 saturated heterocycles. The Morgan fingerprint density at radius 2 is 0.909 bits per heavy atom. The molecule has 0 N–H and O–H groups in total. The fourth-order valence-corrected chi connectivity index (χ4v) is 2.91. The van der Waals surface area contributed by atoms with Gasteiger partial charge in [-0.05, 0) is 35.1 Å². The molecule has 120 valence electrons. The molecule has 2 rings (SSSR count). The molecule has 22 heavy (non-hydrogen) atoms. The third-order valence-corrected chi connectivity index (χ3v) is 4.81. The molecule has 0 aliphatic rings. The van der Waals surface area contributed by atoms with E-state index in [0.29, 0.717) is 11.8 Å². The van der Waals surface area contributed by atoms with Crippen LogP contribution in [0, 0.1) is 0 Å². The van der Waals surface area contributed by atoms with E-state index in [2.05, 4.69) is 80.4 Å². The van der Waals surface area contributed by atoms with Crippen molar-refractivity contribution in [2.75, 3.05) is 10.7 Å². The summed E-state index contributed by atoms with van der Waals surface area (Å²) in [4.78, 5) is 0. The molecule has 0 aliphatic carbocycles. The maximum absolute atomic E-state index is 5.75. The minimum Gasteiger partial charge on any atom is -0.122 e. The van der Waals surface area contributed by atoms with Gasteiger partial charge in [-0.2, -0.15) is 0 Å². The van der Waals surface area contributed by atoms with Gasteiger partial charge in [0.2, 0.25) is 0 Å². The van der Waals surface area contributed by atoms with Gasteiger partial charge in [0.05, 0.1) is 0 Å². The van der Waals surface area contributed by atoms with E-state index in [4.69, 9.17) is 23.2 Å². The summed E-state index contributed by atoms with van der Waals surface area (Å²) < 4.78 is 0. The summed E-state index contributed by atoms with van der Waals surface area (Å²) >= 11 is 18.2. The van der Waals surface area contributed by atoms with Gasteiger partial charge in [-0.3, -0.25) is 0 Å². The predicted octanol–water partition coefficient (Wildman–Crippen LogP) is 7.39. The lowest BCUT2D eigenvalue weighted by Gasteiger charge is -2.03. The van der Waals surface area contributed by atoms with Crippen molar-refractivity contribution in [3.8, 4) is 11.1 Å². The van der Waals surface area contributed by atoms with Gasteiger partial charge in [0.1, 0.15) is 0 Å². The zero-order valence-electron chi connectivity index (χ0n) is 12.4. The Hall–Kier alpha value is -0.0200. The monoisotopic (exact) mass is 464 g/mol. The fraction of sp³-hybridized carbons (Fsp3) is 0.333. The Morgan fingerprint density at radius 3 is 1.14 bits per heavy atom. The third-order valence-electron chi connectivity index (χ3n) is 3.07. The normalized spacial score (nSPS) is 10.0. The van der Waals surface area contributed by atoms with Gasteiger partial charge in [0, 0.05) is 22.4 Å². The molecular formula is C18H20Br2Cl2. The second kappa shape index (κ2) is 12.4. The number of benzene rings is 2. The SMILES string of the molecule is BrCCCCBr.ClCc1ccc(-c2ccc(CCl)cc2)cc1. The summed E-state index contributed by atoms with van der Waals surface area (Å²) in [5.74, 6) is 1.12. The summed E-state index contributed by atoms with van der Waals surface area (Å²) in [7, 11) is 0. The van der Waals surface area contributed by atoms with E-state index in [9.17, 15) is 0 Å². The molecule has 0 radical (unpaired) electrons. The van der Waals surface area contributed by atoms with Crippen LogP contribution < -0.4 is 0 Å². The van der Waals surface area contributed by atoms with Crippen molar-refractivity contribution in [1.29, 1.82) is 0 Å². The Morgan fingerprint density at radius 1 is 0.591 bits per heavy atom. The Kier molecular flexibility index (Phi) is 11.3. The van der Waals surface area contributed by atoms with Crippen LogP contribution in [0.3, 0.4) is 0 Å². The molecule has 0 nitrogen and oxygen atoms in total. The molecule has 0 bridgehead atoms. The number of hydrogen-bond donors (Lipinski definition) is 0.